The number of nitrogens with zero attached hydrogens (tertiary/aromatic N) is 2. The third-order valence-electron chi connectivity index (χ3n) is 4.57. The smallest absolute Gasteiger partial charge is 0.417 e. The molecule has 5 nitrogen and oxygen atoms in total. The summed E-state index contributed by atoms with van der Waals surface area (Å²) in [7, 11) is 0. The van der Waals surface area contributed by atoms with Gasteiger partial charge in [-0.15, -0.1) is 0 Å². The highest BCUT2D eigenvalue weighted by Gasteiger charge is 2.32. The molecule has 0 fully saturated rings. The van der Waals surface area contributed by atoms with Gasteiger partial charge in [0.1, 0.15) is 22.4 Å². The highest BCUT2D eigenvalue weighted by molar-refractivity contribution is 6.35. The molecular weight excluding hydrogens is 516 g/mol. The summed E-state index contributed by atoms with van der Waals surface area (Å²) in [5.41, 5.74) is -0.679. The monoisotopic (exact) mass is 528 g/mol. The van der Waals surface area contributed by atoms with Gasteiger partial charge in [0.2, 0.25) is 5.88 Å². The summed E-state index contributed by atoms with van der Waals surface area (Å²) in [4.78, 5) is 16.4. The molecule has 0 saturated carbocycles. The van der Waals surface area contributed by atoms with E-state index < -0.39 is 29.5 Å². The lowest BCUT2D eigenvalue weighted by Crippen LogP contribution is -2.29. The number of pyridine rings is 1. The normalized spacial score (nSPS) is 13.0. The molecule has 0 bridgehead atoms. The van der Waals surface area contributed by atoms with E-state index in [9.17, 15) is 23.2 Å². The molecule has 2 aromatic carbocycles. The quantitative estimate of drug-likeness (QED) is 0.317. The molecular formula is C23H14Cl3F3N2O3. The number of ether oxygens (including phenoxy) is 2. The Balaban J connectivity index is 1.68. The maximum absolute atomic E-state index is 12.8. The number of benzene rings is 2. The minimum Gasteiger partial charge on any atom is -0.483 e. The molecule has 176 valence electrons. The van der Waals surface area contributed by atoms with Crippen molar-refractivity contribution < 1.29 is 27.4 Å². The fourth-order valence-corrected chi connectivity index (χ4v) is 3.59. The van der Waals surface area contributed by atoms with Gasteiger partial charge in [0.05, 0.1) is 11.6 Å². The molecule has 0 aliphatic carbocycles. The first-order chi connectivity index (χ1) is 16.0. The van der Waals surface area contributed by atoms with Crippen molar-refractivity contribution in [1.29, 1.82) is 5.26 Å². The number of hydrogen-bond donors (Lipinski definition) is 0. The van der Waals surface area contributed by atoms with E-state index in [1.54, 1.807) is 0 Å². The lowest BCUT2D eigenvalue weighted by Gasteiger charge is -2.18. The third kappa shape index (κ3) is 6.11. The summed E-state index contributed by atoms with van der Waals surface area (Å²) < 4.78 is 49.2. The second kappa shape index (κ2) is 10.5. The molecule has 1 aromatic heterocycles. The first kappa shape index (κ1) is 25.6. The number of nitriles is 1. The van der Waals surface area contributed by atoms with Gasteiger partial charge in [0.15, 0.2) is 11.9 Å². The second-order valence-corrected chi connectivity index (χ2v) is 8.22. The van der Waals surface area contributed by atoms with Crippen molar-refractivity contribution >= 4 is 40.6 Å². The Bertz CT molecular complexity index is 1240. The van der Waals surface area contributed by atoms with Gasteiger partial charge in [-0.05, 0) is 55.0 Å². The van der Waals surface area contributed by atoms with E-state index in [2.05, 4.69) is 4.98 Å². The number of Topliss-reactive ketones (excluding diaryl/α,β-unsaturated/α-hetero) is 1. The molecule has 2 unspecified atom stereocenters. The minimum absolute atomic E-state index is 0.191. The summed E-state index contributed by atoms with van der Waals surface area (Å²) >= 11 is 17.8. The first-order valence-corrected chi connectivity index (χ1v) is 10.7. The molecule has 11 heteroatoms. The zero-order valence-corrected chi connectivity index (χ0v) is 19.5. The maximum Gasteiger partial charge on any atom is 0.417 e. The van der Waals surface area contributed by atoms with Gasteiger partial charge >= 0.3 is 6.18 Å². The molecule has 0 aliphatic rings. The number of carbonyl (C=O) groups is 1. The fraction of sp³-hybridized carbons (Fsp3) is 0.174. The van der Waals surface area contributed by atoms with Crippen LogP contribution in [0.2, 0.25) is 15.1 Å². The van der Waals surface area contributed by atoms with E-state index in [1.165, 1.54) is 49.4 Å². The summed E-state index contributed by atoms with van der Waals surface area (Å²) in [6, 6.07) is 13.0. The Labute approximate surface area is 207 Å². The van der Waals surface area contributed by atoms with Gasteiger partial charge in [-0.2, -0.15) is 18.4 Å². The van der Waals surface area contributed by atoms with Crippen LogP contribution in [0.25, 0.3) is 0 Å². The highest BCUT2D eigenvalue weighted by Crippen LogP contribution is 2.35. The number of ketones is 1. The van der Waals surface area contributed by atoms with Crippen molar-refractivity contribution in [2.45, 2.75) is 25.1 Å². The highest BCUT2D eigenvalue weighted by atomic mass is 35.5. The number of aromatic nitrogens is 1. The van der Waals surface area contributed by atoms with Crippen LogP contribution in [-0.4, -0.2) is 16.9 Å². The Morgan fingerprint density at radius 1 is 1.03 bits per heavy atom. The zero-order valence-electron chi connectivity index (χ0n) is 17.2. The maximum atomic E-state index is 12.8. The van der Waals surface area contributed by atoms with Gasteiger partial charge in [-0.25, -0.2) is 4.98 Å². The van der Waals surface area contributed by atoms with Crippen molar-refractivity contribution in [3.8, 4) is 23.4 Å². The number of hydrogen-bond acceptors (Lipinski definition) is 5. The van der Waals surface area contributed by atoms with Crippen LogP contribution < -0.4 is 9.47 Å². The summed E-state index contributed by atoms with van der Waals surface area (Å²) in [5.74, 6) is -1.35. The van der Waals surface area contributed by atoms with Crippen molar-refractivity contribution in [2.75, 3.05) is 0 Å². The molecule has 1 heterocycles. The Morgan fingerprint density at radius 2 is 1.68 bits per heavy atom. The van der Waals surface area contributed by atoms with Crippen LogP contribution in [0.1, 0.15) is 24.0 Å². The average Bonchev–Trinajstić information content (AvgIpc) is 2.77. The number of halogens is 6. The molecule has 0 aliphatic heterocycles. The van der Waals surface area contributed by atoms with Crippen LogP contribution in [0.5, 0.6) is 17.4 Å². The SMILES string of the molecule is CC(Oc1ccc(Oc2ncc(C(F)(F)F)cc2Cl)cc1)C(=O)C(C#N)c1ccc(Cl)cc1Cl. The van der Waals surface area contributed by atoms with Crippen LogP contribution in [0.3, 0.4) is 0 Å². The Hall–Kier alpha value is -2.99. The number of alkyl halides is 3. The molecule has 0 saturated heterocycles. The molecule has 0 amide bonds. The molecule has 3 aromatic rings. The van der Waals surface area contributed by atoms with E-state index in [-0.39, 0.29) is 21.7 Å². The molecule has 34 heavy (non-hydrogen) atoms. The fourth-order valence-electron chi connectivity index (χ4n) is 2.87. The van der Waals surface area contributed by atoms with Gasteiger partial charge in [0.25, 0.3) is 0 Å². The first-order valence-electron chi connectivity index (χ1n) is 9.55. The summed E-state index contributed by atoms with van der Waals surface area (Å²) in [5, 5.41) is 9.76. The van der Waals surface area contributed by atoms with Gasteiger partial charge in [0, 0.05) is 16.2 Å². The van der Waals surface area contributed by atoms with Crippen molar-refractivity contribution in [1.82, 2.24) is 4.98 Å². The van der Waals surface area contributed by atoms with E-state index in [4.69, 9.17) is 44.3 Å². The average molecular weight is 530 g/mol. The van der Waals surface area contributed by atoms with Gasteiger partial charge < -0.3 is 9.47 Å². The van der Waals surface area contributed by atoms with Crippen molar-refractivity contribution in [2.24, 2.45) is 0 Å². The molecule has 0 radical (unpaired) electrons. The van der Waals surface area contributed by atoms with E-state index in [0.29, 0.717) is 28.6 Å². The topological polar surface area (TPSA) is 72.2 Å². The van der Waals surface area contributed by atoms with Gasteiger partial charge in [-0.3, -0.25) is 4.79 Å². The van der Waals surface area contributed by atoms with Crippen LogP contribution in [0.4, 0.5) is 13.2 Å². The van der Waals surface area contributed by atoms with Crippen molar-refractivity contribution in [3.63, 3.8) is 0 Å². The zero-order chi connectivity index (χ0) is 25.0. The van der Waals surface area contributed by atoms with E-state index in [0.717, 1.165) is 0 Å². The van der Waals surface area contributed by atoms with E-state index in [1.807, 2.05) is 6.07 Å². The number of carbonyl (C=O) groups excluding carboxylic acids is 1. The van der Waals surface area contributed by atoms with E-state index >= 15 is 0 Å². The minimum atomic E-state index is -4.58. The predicted octanol–water partition coefficient (Wildman–Crippen LogP) is 7.50. The lowest BCUT2D eigenvalue weighted by molar-refractivity contribution is -0.137. The predicted molar refractivity (Wildman–Crippen MR) is 121 cm³/mol. The van der Waals surface area contributed by atoms with Crippen LogP contribution in [0, 0.1) is 11.3 Å². The van der Waals surface area contributed by atoms with Crippen LogP contribution in [0.15, 0.2) is 54.7 Å². The van der Waals surface area contributed by atoms with Gasteiger partial charge in [-0.1, -0.05) is 40.9 Å². The second-order valence-electron chi connectivity index (χ2n) is 6.97. The van der Waals surface area contributed by atoms with Crippen LogP contribution in [-0.2, 0) is 11.0 Å². The molecule has 3 rings (SSSR count). The number of rotatable bonds is 7. The standard InChI is InChI=1S/C23H14Cl3F3N2O3/c1-12(21(32)18(10-30)17-7-2-14(24)9-19(17)25)33-15-3-5-16(6-4-15)34-22-20(26)8-13(11-31-22)23(27,28)29/h2-9,11-12,18H,1H3. The summed E-state index contributed by atoms with van der Waals surface area (Å²) in [6.45, 7) is 1.49. The molecule has 2 atom stereocenters. The Morgan fingerprint density at radius 3 is 2.24 bits per heavy atom. The third-order valence-corrected chi connectivity index (χ3v) is 5.41. The molecule has 0 N–H and O–H groups in total. The summed E-state index contributed by atoms with van der Waals surface area (Å²) in [6.07, 6.45) is -4.95. The largest absolute Gasteiger partial charge is 0.483 e. The van der Waals surface area contributed by atoms with Crippen LogP contribution >= 0.6 is 34.8 Å². The Kier molecular flexibility index (Phi) is 7.93. The lowest BCUT2D eigenvalue weighted by atomic mass is 9.93. The van der Waals surface area contributed by atoms with Crippen molar-refractivity contribution in [3.05, 3.63) is 80.9 Å². The molecule has 0 spiro atoms.